The molecular weight excluding hydrogens is 1130 g/mol. The molecule has 6 heterocycles. The van der Waals surface area contributed by atoms with E-state index in [1.54, 1.807) is 48.7 Å². The number of hydrogen-bond donors (Lipinski definition) is 0. The molecule has 0 bridgehead atoms. The van der Waals surface area contributed by atoms with Crippen LogP contribution in [-0.2, 0) is 21.1 Å². The molecule has 0 fully saturated rings. The predicted molar refractivity (Wildman–Crippen MR) is 305 cm³/mol. The number of pyridine rings is 1. The summed E-state index contributed by atoms with van der Waals surface area (Å²) in [7, 11) is -4.57. The third-order valence-electron chi connectivity index (χ3n) is 14.9. The molecule has 0 aliphatic carbocycles. The fraction of sp³-hybridized carbons (Fsp3) is 0.0294. The van der Waals surface area contributed by atoms with Crippen molar-refractivity contribution in [2.24, 2.45) is 0 Å². The van der Waals surface area contributed by atoms with E-state index in [4.69, 9.17) is 26.5 Å². The topological polar surface area (TPSA) is 49.0 Å². The number of ether oxygens (including phenoxy) is 1. The monoisotopic (exact) mass is 1180 g/mol. The first-order chi connectivity index (χ1) is 41.5. The number of para-hydroxylation sites is 3. The van der Waals surface area contributed by atoms with Gasteiger partial charge in [0.25, 0.3) is 6.33 Å². The maximum absolute atomic E-state index is 9.25. The smallest absolute Gasteiger partial charge is 0.268 e. The van der Waals surface area contributed by atoms with Gasteiger partial charge < -0.3 is 18.3 Å². The van der Waals surface area contributed by atoms with Crippen LogP contribution < -0.4 is 19.7 Å². The Hall–Kier alpha value is -8.87. The van der Waals surface area contributed by atoms with Crippen LogP contribution >= 0.6 is 0 Å². The second-order valence-corrected chi connectivity index (χ2v) is 21.6. The van der Waals surface area contributed by atoms with E-state index in [1.807, 2.05) is 129 Å². The van der Waals surface area contributed by atoms with Gasteiger partial charge in [-0.05, 0) is 101 Å². The normalized spacial score (nSPS) is 15.3. The van der Waals surface area contributed by atoms with Gasteiger partial charge in [-0.3, -0.25) is 4.57 Å². The molecular formula is C68H42N4O2PtSi-2. The van der Waals surface area contributed by atoms with Crippen LogP contribution in [0, 0.1) is 18.5 Å². The van der Waals surface area contributed by atoms with Crippen LogP contribution in [0.25, 0.3) is 128 Å². The van der Waals surface area contributed by atoms with E-state index in [2.05, 4.69) is 42.7 Å². The molecule has 4 aromatic heterocycles. The number of hydrogen-bond acceptors (Lipinski definition) is 3. The predicted octanol–water partition coefficient (Wildman–Crippen LogP) is 15.3. The Kier molecular flexibility index (Phi) is 7.65. The molecule has 0 N–H and O–H groups in total. The molecule has 8 heteroatoms. The van der Waals surface area contributed by atoms with E-state index < -0.39 is 39.2 Å². The van der Waals surface area contributed by atoms with E-state index in [0.717, 1.165) is 66.0 Å². The van der Waals surface area contributed by atoms with Crippen molar-refractivity contribution in [2.75, 3.05) is 0 Å². The quantitative estimate of drug-likeness (QED) is 0.0980. The Morgan fingerprint density at radius 3 is 2.08 bits per heavy atom. The molecule has 0 atom stereocenters. The average Bonchev–Trinajstić information content (AvgIpc) is 1.56. The molecule has 16 rings (SSSR count). The minimum Gasteiger partial charge on any atom is -0.510 e. The fourth-order valence-corrected chi connectivity index (χ4v) is 13.9. The van der Waals surface area contributed by atoms with Gasteiger partial charge in [0.05, 0.1) is 23.6 Å². The number of benzene rings is 10. The van der Waals surface area contributed by atoms with Crippen LogP contribution in [0.4, 0.5) is 0 Å². The number of fused-ring (bicyclic) bond motifs is 17. The van der Waals surface area contributed by atoms with Gasteiger partial charge in [0.2, 0.25) is 0 Å². The zero-order valence-electron chi connectivity index (χ0n) is 50.8. The number of imidazole rings is 1. The van der Waals surface area contributed by atoms with Crippen molar-refractivity contribution >= 4 is 73.2 Å². The molecule has 2 aliphatic rings. The Bertz CT molecular complexity index is 5260. The Labute approximate surface area is 469 Å². The van der Waals surface area contributed by atoms with Crippen molar-refractivity contribution in [2.45, 2.75) is 13.0 Å². The summed E-state index contributed by atoms with van der Waals surface area (Å²) in [5, 5.41) is 3.87. The number of furan rings is 1. The number of aromatic nitrogens is 4. The summed E-state index contributed by atoms with van der Waals surface area (Å²) in [4.78, 5) is 5.01. The zero-order chi connectivity index (χ0) is 58.9. The third kappa shape index (κ3) is 6.43. The summed E-state index contributed by atoms with van der Waals surface area (Å²) < 4.78 is 118. The van der Waals surface area contributed by atoms with Crippen LogP contribution in [0.5, 0.6) is 11.5 Å². The Morgan fingerprint density at radius 2 is 1.25 bits per heavy atom. The molecule has 0 radical (unpaired) electrons. The zero-order valence-corrected chi connectivity index (χ0v) is 43.1. The van der Waals surface area contributed by atoms with Gasteiger partial charge in [0, 0.05) is 63.3 Å². The van der Waals surface area contributed by atoms with Gasteiger partial charge >= 0.3 is 0 Å². The van der Waals surface area contributed by atoms with E-state index in [9.17, 15) is 2.74 Å². The summed E-state index contributed by atoms with van der Waals surface area (Å²) in [5.74, 6) is 0.911. The van der Waals surface area contributed by atoms with Gasteiger partial charge in [-0.15, -0.1) is 24.3 Å². The summed E-state index contributed by atoms with van der Waals surface area (Å²) in [6.45, 7) is -5.73. The van der Waals surface area contributed by atoms with E-state index in [1.165, 1.54) is 0 Å². The van der Waals surface area contributed by atoms with Gasteiger partial charge in [0.1, 0.15) is 25.1 Å². The van der Waals surface area contributed by atoms with E-state index in [0.29, 0.717) is 72.8 Å². The number of rotatable bonds is 5. The first-order valence-corrected chi connectivity index (χ1v) is 26.5. The minimum absolute atomic E-state index is 0. The second kappa shape index (κ2) is 16.8. The SMILES string of the molecule is [2H]c1c([2H])c([2H])c(-c2cccc3c2-[n+]2[c-]n(-c4[c-]c(Oc5[c-]c6c(cc5)c5c7oc8ccccc8c7ccc5n6-c5cc6c(cn5)-c5ccccc5[Si]6(C([2H])([2H])[2H])C([2H])([2H])[2H])ccc4)c4cccc(c42)-c2ccccc2-c2ccccc2-3)c([2H])c1[2H].[Pt]. The molecule has 14 aromatic rings. The molecule has 76 heavy (non-hydrogen) atoms. The van der Waals surface area contributed by atoms with Crippen molar-refractivity contribution < 1.29 is 49.9 Å². The first-order valence-electron chi connectivity index (χ1n) is 30.0. The van der Waals surface area contributed by atoms with Crippen molar-refractivity contribution in [3.8, 4) is 84.3 Å². The molecule has 0 amide bonds. The first kappa shape index (κ1) is 34.6. The minimum atomic E-state index is -4.57. The average molecular weight is 1180 g/mol. The van der Waals surface area contributed by atoms with Gasteiger partial charge in [-0.25, -0.2) is 4.98 Å². The van der Waals surface area contributed by atoms with Crippen LogP contribution in [0.3, 0.4) is 0 Å². The standard InChI is InChI=1S/C68H42N4O2Si.Pt/c1-75(2)62-32-13-11-26-52(62)57-40-69-64(39-63(57)75)72-58-36-35-55-51-25-10-12-31-61(51)74-68(55)65(58)56-34-33-45(38-60(56)72)73-44-20-14-19-43(37-44)70-41-71-66-46(42-17-4-3-5-18-42)27-15-28-53(66)49-23-8-6-21-47(49)48-22-7-9-24-50(48)54-29-16-30-59(70)67(54)71;/h3-36,39-40H,1-2H3;/q-2;/i1D3,2D3,3D,4D,5D,17D,18D;. The van der Waals surface area contributed by atoms with E-state index >= 15 is 0 Å². The molecule has 0 spiro atoms. The van der Waals surface area contributed by atoms with Crippen LogP contribution in [0.15, 0.2) is 223 Å². The van der Waals surface area contributed by atoms with Crippen LogP contribution in [0.2, 0.25) is 13.0 Å². The Morgan fingerprint density at radius 1 is 0.579 bits per heavy atom. The Balaban J connectivity index is 0.00000638. The van der Waals surface area contributed by atoms with Gasteiger partial charge in [-0.1, -0.05) is 181 Å². The molecule has 0 saturated carbocycles. The molecule has 2 aliphatic heterocycles. The molecule has 0 unspecified atom stereocenters. The summed E-state index contributed by atoms with van der Waals surface area (Å²) in [6, 6.07) is 62.5. The molecule has 6 nitrogen and oxygen atoms in total. The maximum atomic E-state index is 9.25. The number of nitrogens with zero attached hydrogens (tertiary/aromatic N) is 4. The van der Waals surface area contributed by atoms with Gasteiger partial charge in [-0.2, -0.15) is 18.2 Å². The largest absolute Gasteiger partial charge is 0.510 e. The van der Waals surface area contributed by atoms with Crippen molar-refractivity contribution in [1.29, 1.82) is 0 Å². The third-order valence-corrected chi connectivity index (χ3v) is 17.4. The summed E-state index contributed by atoms with van der Waals surface area (Å²) in [5.41, 5.74) is 11.9. The van der Waals surface area contributed by atoms with Crippen molar-refractivity contribution in [3.63, 3.8) is 0 Å². The van der Waals surface area contributed by atoms with Crippen molar-refractivity contribution in [1.82, 2.24) is 14.1 Å². The molecule has 362 valence electrons. The van der Waals surface area contributed by atoms with E-state index in [-0.39, 0.29) is 43.9 Å². The van der Waals surface area contributed by atoms with Gasteiger partial charge in [0.15, 0.2) is 0 Å². The van der Waals surface area contributed by atoms with Crippen molar-refractivity contribution in [3.05, 3.63) is 237 Å². The summed E-state index contributed by atoms with van der Waals surface area (Å²) in [6.07, 6.45) is 5.28. The summed E-state index contributed by atoms with van der Waals surface area (Å²) >= 11 is 0. The fourth-order valence-electron chi connectivity index (χ4n) is 11.7. The molecule has 10 aromatic carbocycles. The van der Waals surface area contributed by atoms with Crippen LogP contribution in [0.1, 0.15) is 15.1 Å². The molecule has 0 saturated heterocycles. The maximum Gasteiger partial charge on any atom is 0.268 e. The van der Waals surface area contributed by atoms with Crippen LogP contribution in [-0.4, -0.2) is 22.2 Å². The second-order valence-electron chi connectivity index (χ2n) is 19.0.